The van der Waals surface area contributed by atoms with E-state index in [-0.39, 0.29) is 64.8 Å². The predicted octanol–water partition coefficient (Wildman–Crippen LogP) is 4.74. The largest absolute Gasteiger partial charge is 0.746 e. The van der Waals surface area contributed by atoms with Crippen molar-refractivity contribution >= 4 is 20.2 Å². The molecule has 6 aliphatic rings. The molecule has 6 heterocycles. The maximum absolute atomic E-state index is 14.5. The normalized spacial score (nSPS) is 37.6. The van der Waals surface area contributed by atoms with Crippen molar-refractivity contribution in [1.29, 1.82) is 0 Å². The van der Waals surface area contributed by atoms with E-state index in [1.165, 1.54) is 12.1 Å². The van der Waals surface area contributed by atoms with Gasteiger partial charge in [-0.25, -0.2) is 12.6 Å². The van der Waals surface area contributed by atoms with Crippen LogP contribution in [0.15, 0.2) is 47.4 Å². The third-order valence-electron chi connectivity index (χ3n) is 10.5. The molecule has 226 valence electrons. The molecule has 0 saturated carbocycles. The maximum atomic E-state index is 14.5. The van der Waals surface area contributed by atoms with Crippen LogP contribution in [0.3, 0.4) is 0 Å². The standard InChI is InChI=1S/C31H36O9S2/c32-41(33,34)31(17-4-2-1-3-5-17)40-42(35,36)30-25(23-15-20-7-10-28(23)38-20)12-18(22-14-19-6-9-27(22)37-19)13-26(30)24-16-21-8-11-29(24)39-21/h1-5,12-13,19-24,27-29,31H,6-11,14-16H2,(H,32,33,34)/p-1. The van der Waals surface area contributed by atoms with Gasteiger partial charge in [0.2, 0.25) is 0 Å². The van der Waals surface area contributed by atoms with Gasteiger partial charge in [0.05, 0.1) is 36.6 Å². The fraction of sp³-hybridized carbons (Fsp3) is 0.613. The van der Waals surface area contributed by atoms with Crippen molar-refractivity contribution in [2.45, 2.75) is 122 Å². The molecule has 6 fully saturated rings. The predicted molar refractivity (Wildman–Crippen MR) is 149 cm³/mol. The van der Waals surface area contributed by atoms with Gasteiger partial charge in [-0.3, -0.25) is 0 Å². The Morgan fingerprint density at radius 3 is 1.57 bits per heavy atom. The first kappa shape index (κ1) is 27.7. The zero-order valence-corrected chi connectivity index (χ0v) is 24.8. The summed E-state index contributed by atoms with van der Waals surface area (Å²) in [6.45, 7) is 0. The molecule has 9 nitrogen and oxygen atoms in total. The van der Waals surface area contributed by atoms with Crippen molar-refractivity contribution in [3.05, 3.63) is 64.7 Å². The number of hydrogen-bond acceptors (Lipinski definition) is 9. The average molecular weight is 616 g/mol. The molecule has 6 aliphatic heterocycles. The van der Waals surface area contributed by atoms with Crippen molar-refractivity contribution < 1.29 is 39.8 Å². The van der Waals surface area contributed by atoms with E-state index in [1.807, 2.05) is 12.1 Å². The van der Waals surface area contributed by atoms with Gasteiger partial charge in [-0.1, -0.05) is 42.5 Å². The van der Waals surface area contributed by atoms with E-state index in [9.17, 15) is 21.4 Å². The summed E-state index contributed by atoms with van der Waals surface area (Å²) < 4.78 is 90.4. The van der Waals surface area contributed by atoms with Gasteiger partial charge in [0.25, 0.3) is 10.1 Å². The molecule has 6 saturated heterocycles. The highest BCUT2D eigenvalue weighted by molar-refractivity contribution is 7.89. The van der Waals surface area contributed by atoms with Gasteiger partial charge in [0.1, 0.15) is 15.0 Å². The quantitative estimate of drug-likeness (QED) is 0.305. The highest BCUT2D eigenvalue weighted by Crippen LogP contribution is 2.53. The third kappa shape index (κ3) is 4.67. The molecule has 2 aromatic carbocycles. The molecule has 11 heteroatoms. The average Bonchev–Trinajstić information content (AvgIpc) is 3.83. The number of hydrogen-bond donors (Lipinski definition) is 0. The first-order valence-electron chi connectivity index (χ1n) is 15.2. The van der Waals surface area contributed by atoms with Crippen molar-refractivity contribution in [2.75, 3.05) is 0 Å². The minimum Gasteiger partial charge on any atom is -0.746 e. The van der Waals surface area contributed by atoms with Crippen molar-refractivity contribution in [3.63, 3.8) is 0 Å². The summed E-state index contributed by atoms with van der Waals surface area (Å²) in [5, 5.41) is 0. The summed E-state index contributed by atoms with van der Waals surface area (Å²) in [6, 6.07) is 11.5. The maximum Gasteiger partial charge on any atom is 0.299 e. The van der Waals surface area contributed by atoms with Crippen LogP contribution in [0.1, 0.15) is 103 Å². The van der Waals surface area contributed by atoms with Crippen LogP contribution < -0.4 is 0 Å². The van der Waals surface area contributed by atoms with Gasteiger partial charge < -0.3 is 18.8 Å². The Hall–Kier alpha value is -1.86. The lowest BCUT2D eigenvalue weighted by atomic mass is 9.76. The van der Waals surface area contributed by atoms with Crippen LogP contribution in [0.25, 0.3) is 0 Å². The molecule has 0 aromatic heterocycles. The third-order valence-corrected chi connectivity index (χ3v) is 12.9. The summed E-state index contributed by atoms with van der Waals surface area (Å²) in [5.74, 6) is -0.181. The molecule has 0 spiro atoms. The SMILES string of the molecule is O=S(=O)(OC(c1ccccc1)S(=O)(=O)[O-])c1c(C2CC3CCC2O3)cc(C2CC3CCC2O3)cc1C1CC2CCC1O2. The van der Waals surface area contributed by atoms with E-state index in [0.29, 0.717) is 24.0 Å². The Kier molecular flexibility index (Phi) is 6.64. The Morgan fingerprint density at radius 2 is 1.17 bits per heavy atom. The Labute approximate surface area is 246 Å². The summed E-state index contributed by atoms with van der Waals surface area (Å²) in [4.78, 5) is 0.00204. The second kappa shape index (κ2) is 10.1. The minimum absolute atomic E-state index is 0.00204. The first-order valence-corrected chi connectivity index (χ1v) is 18.1. The molecule has 2 aromatic rings. The van der Waals surface area contributed by atoms with E-state index in [4.69, 9.17) is 18.4 Å². The number of fused-ring (bicyclic) bond motifs is 6. The van der Waals surface area contributed by atoms with Gasteiger partial charge >= 0.3 is 0 Å². The zero-order chi connectivity index (χ0) is 28.8. The van der Waals surface area contributed by atoms with E-state index < -0.39 is 25.7 Å². The van der Waals surface area contributed by atoms with Crippen LogP contribution in [0.4, 0.5) is 0 Å². The Morgan fingerprint density at radius 1 is 0.690 bits per heavy atom. The van der Waals surface area contributed by atoms with Crippen LogP contribution in [-0.4, -0.2) is 58.0 Å². The van der Waals surface area contributed by atoms with Crippen molar-refractivity contribution in [1.82, 2.24) is 0 Å². The summed E-state index contributed by atoms with van der Waals surface area (Å²) in [7, 11) is -9.92. The van der Waals surface area contributed by atoms with Crippen LogP contribution >= 0.6 is 0 Å². The molecule has 0 amide bonds. The fourth-order valence-corrected chi connectivity index (χ4v) is 11.3. The Bertz CT molecular complexity index is 1540. The lowest BCUT2D eigenvalue weighted by Crippen LogP contribution is -2.27. The van der Waals surface area contributed by atoms with Gasteiger partial charge in [-0.15, -0.1) is 0 Å². The highest BCUT2D eigenvalue weighted by atomic mass is 32.2. The van der Waals surface area contributed by atoms with E-state index in [1.54, 1.807) is 18.2 Å². The van der Waals surface area contributed by atoms with Gasteiger partial charge in [-0.05, 0) is 80.0 Å². The lowest BCUT2D eigenvalue weighted by Gasteiger charge is -2.31. The van der Waals surface area contributed by atoms with Crippen LogP contribution in [0, 0.1) is 0 Å². The van der Waals surface area contributed by atoms with E-state index in [2.05, 4.69) is 0 Å². The summed E-state index contributed by atoms with van der Waals surface area (Å²) in [5.41, 5.74) is 0.0792. The molecule has 0 N–H and O–H groups in total. The van der Waals surface area contributed by atoms with Crippen LogP contribution in [-0.2, 0) is 38.6 Å². The topological polar surface area (TPSA) is 128 Å². The smallest absolute Gasteiger partial charge is 0.299 e. The molecule has 42 heavy (non-hydrogen) atoms. The van der Waals surface area contributed by atoms with Crippen LogP contribution in [0.5, 0.6) is 0 Å². The van der Waals surface area contributed by atoms with E-state index in [0.717, 1.165) is 50.5 Å². The molecular formula is C31H35O9S2-. The number of ether oxygens (including phenoxy) is 3. The molecule has 10 unspecified atom stereocenters. The molecule has 0 radical (unpaired) electrons. The minimum atomic E-state index is -5.18. The summed E-state index contributed by atoms with van der Waals surface area (Å²) >= 11 is 0. The van der Waals surface area contributed by atoms with Crippen LogP contribution in [0.2, 0.25) is 0 Å². The number of rotatable bonds is 8. The van der Waals surface area contributed by atoms with E-state index >= 15 is 0 Å². The molecule has 10 atom stereocenters. The zero-order valence-electron chi connectivity index (χ0n) is 23.2. The second-order valence-electron chi connectivity index (χ2n) is 13.0. The number of benzene rings is 2. The van der Waals surface area contributed by atoms with Crippen molar-refractivity contribution in [2.24, 2.45) is 0 Å². The molecule has 8 rings (SSSR count). The fourth-order valence-electron chi connectivity index (χ4n) is 8.71. The summed E-state index contributed by atoms with van der Waals surface area (Å²) in [6.07, 6.45) is 8.11. The van der Waals surface area contributed by atoms with Gasteiger partial charge in [0.15, 0.2) is 5.44 Å². The van der Waals surface area contributed by atoms with Crippen molar-refractivity contribution in [3.8, 4) is 0 Å². The molecular weight excluding hydrogens is 580 g/mol. The Balaban J connectivity index is 1.30. The molecule has 6 bridgehead atoms. The monoisotopic (exact) mass is 615 g/mol. The second-order valence-corrected chi connectivity index (χ2v) is 15.9. The van der Waals surface area contributed by atoms with Gasteiger partial charge in [0, 0.05) is 17.8 Å². The van der Waals surface area contributed by atoms with Gasteiger partial charge in [-0.2, -0.15) is 8.42 Å². The molecule has 0 aliphatic carbocycles. The lowest BCUT2D eigenvalue weighted by molar-refractivity contribution is 0.0995. The first-order chi connectivity index (χ1) is 20.1. The highest BCUT2D eigenvalue weighted by Gasteiger charge is 2.49.